The summed E-state index contributed by atoms with van der Waals surface area (Å²) < 4.78 is 10.2. The maximum Gasteiger partial charge on any atom is 0.308 e. The van der Waals surface area contributed by atoms with Crippen LogP contribution in [0.25, 0.3) is 17.0 Å². The summed E-state index contributed by atoms with van der Waals surface area (Å²) in [5, 5.41) is 0.284. The second-order valence-electron chi connectivity index (χ2n) is 3.77. The monoisotopic (exact) mass is 258 g/mol. The van der Waals surface area contributed by atoms with Crippen LogP contribution in [0.2, 0.25) is 0 Å². The number of benzene rings is 1. The van der Waals surface area contributed by atoms with Gasteiger partial charge in [0, 0.05) is 6.92 Å². The van der Waals surface area contributed by atoms with E-state index < -0.39 is 5.97 Å². The third-order valence-electron chi connectivity index (χ3n) is 2.39. The highest BCUT2D eigenvalue weighted by molar-refractivity contribution is 5.82. The van der Waals surface area contributed by atoms with Crippen LogP contribution in [0.3, 0.4) is 0 Å². The number of carbonyl (C=O) groups excluding carboxylic acids is 2. The summed E-state index contributed by atoms with van der Waals surface area (Å²) in [5.74, 6) is -0.204. The second-order valence-corrected chi connectivity index (χ2v) is 3.77. The van der Waals surface area contributed by atoms with Crippen LogP contribution in [0.1, 0.15) is 12.5 Å². The van der Waals surface area contributed by atoms with Crippen molar-refractivity contribution in [1.29, 1.82) is 0 Å². The zero-order valence-corrected chi connectivity index (χ0v) is 10.1. The summed E-state index contributed by atoms with van der Waals surface area (Å²) in [4.78, 5) is 33.2. The van der Waals surface area contributed by atoms with Crippen molar-refractivity contribution in [2.24, 2.45) is 0 Å². The Bertz CT molecular complexity index is 724. The molecule has 0 saturated heterocycles. The van der Waals surface area contributed by atoms with Crippen molar-refractivity contribution < 1.29 is 18.7 Å². The third-order valence-corrected chi connectivity index (χ3v) is 2.39. The quantitative estimate of drug-likeness (QED) is 0.364. The molecule has 5 nitrogen and oxygen atoms in total. The van der Waals surface area contributed by atoms with E-state index >= 15 is 0 Å². The first kappa shape index (κ1) is 12.8. The van der Waals surface area contributed by atoms with Crippen molar-refractivity contribution in [3.63, 3.8) is 0 Å². The van der Waals surface area contributed by atoms with Gasteiger partial charge in [0.05, 0.1) is 10.9 Å². The molecule has 2 rings (SSSR count). The highest BCUT2D eigenvalue weighted by atomic mass is 16.5. The van der Waals surface area contributed by atoms with E-state index in [9.17, 15) is 14.4 Å². The molecular formula is C14H10O5. The highest BCUT2D eigenvalue weighted by Crippen LogP contribution is 2.19. The smallest absolute Gasteiger partial charge is 0.308 e. The molecule has 0 atom stereocenters. The van der Waals surface area contributed by atoms with E-state index in [-0.39, 0.29) is 22.1 Å². The minimum absolute atomic E-state index is 0.250. The first-order chi connectivity index (χ1) is 9.11. The Morgan fingerprint density at radius 3 is 2.84 bits per heavy atom. The minimum atomic E-state index is -0.472. The van der Waals surface area contributed by atoms with E-state index in [2.05, 4.69) is 0 Å². The Labute approximate surface area is 108 Å². The van der Waals surface area contributed by atoms with Gasteiger partial charge in [0.2, 0.25) is 0 Å². The molecule has 96 valence electrons. The lowest BCUT2D eigenvalue weighted by Gasteiger charge is -2.03. The van der Waals surface area contributed by atoms with Crippen LogP contribution >= 0.6 is 0 Å². The van der Waals surface area contributed by atoms with Crippen LogP contribution in [0.5, 0.6) is 5.75 Å². The standard InChI is InChI=1S/C14H10O5/c1-9(16)19-11-4-5-13-12(7-11)14(17)10(8-18-13)3-2-6-15/h2-8H,1H3/b3-2+. The number of hydrogen-bond acceptors (Lipinski definition) is 5. The molecule has 0 aliphatic rings. The van der Waals surface area contributed by atoms with Crippen LogP contribution in [-0.2, 0) is 9.59 Å². The number of allylic oxidation sites excluding steroid dienone is 1. The van der Waals surface area contributed by atoms with Gasteiger partial charge in [-0.3, -0.25) is 14.4 Å². The van der Waals surface area contributed by atoms with E-state index in [0.717, 1.165) is 0 Å². The lowest BCUT2D eigenvalue weighted by atomic mass is 10.1. The number of esters is 1. The van der Waals surface area contributed by atoms with Gasteiger partial charge < -0.3 is 9.15 Å². The maximum absolute atomic E-state index is 12.1. The van der Waals surface area contributed by atoms with E-state index in [4.69, 9.17) is 9.15 Å². The zero-order chi connectivity index (χ0) is 13.8. The van der Waals surface area contributed by atoms with Crippen LogP contribution in [0.15, 0.2) is 39.7 Å². The average Bonchev–Trinajstić information content (AvgIpc) is 2.38. The fourth-order valence-electron chi connectivity index (χ4n) is 1.61. The normalized spacial score (nSPS) is 10.8. The molecule has 2 aromatic rings. The average molecular weight is 258 g/mol. The van der Waals surface area contributed by atoms with Crippen LogP contribution in [0, 0.1) is 0 Å². The zero-order valence-electron chi connectivity index (χ0n) is 10.1. The summed E-state index contributed by atoms with van der Waals surface area (Å²) >= 11 is 0. The van der Waals surface area contributed by atoms with Gasteiger partial charge in [-0.2, -0.15) is 0 Å². The van der Waals surface area contributed by atoms with Gasteiger partial charge in [0.25, 0.3) is 0 Å². The molecule has 0 aliphatic heterocycles. The van der Waals surface area contributed by atoms with Gasteiger partial charge in [-0.25, -0.2) is 0 Å². The fraction of sp³-hybridized carbons (Fsp3) is 0.0714. The molecule has 0 amide bonds. The molecular weight excluding hydrogens is 248 g/mol. The van der Waals surface area contributed by atoms with E-state index in [1.165, 1.54) is 37.5 Å². The van der Waals surface area contributed by atoms with Crippen LogP contribution in [0.4, 0.5) is 0 Å². The van der Waals surface area contributed by atoms with Gasteiger partial charge >= 0.3 is 5.97 Å². The van der Waals surface area contributed by atoms with Crippen molar-refractivity contribution in [2.45, 2.75) is 6.92 Å². The van der Waals surface area contributed by atoms with Gasteiger partial charge in [0.1, 0.15) is 23.9 Å². The Hall–Kier alpha value is -2.69. The molecule has 1 aromatic heterocycles. The van der Waals surface area contributed by atoms with Gasteiger partial charge in [-0.05, 0) is 30.4 Å². The maximum atomic E-state index is 12.1. The SMILES string of the molecule is CC(=O)Oc1ccc2occ(/C=C/C=O)c(=O)c2c1. The molecule has 0 bridgehead atoms. The largest absolute Gasteiger partial charge is 0.463 e. The number of ether oxygens (including phenoxy) is 1. The fourth-order valence-corrected chi connectivity index (χ4v) is 1.61. The second kappa shape index (κ2) is 5.30. The summed E-state index contributed by atoms with van der Waals surface area (Å²) in [7, 11) is 0. The molecule has 0 N–H and O–H groups in total. The van der Waals surface area contributed by atoms with Gasteiger partial charge in [-0.15, -0.1) is 0 Å². The molecule has 0 radical (unpaired) electrons. The van der Waals surface area contributed by atoms with E-state index in [1.54, 1.807) is 6.07 Å². The van der Waals surface area contributed by atoms with Crippen molar-refractivity contribution >= 4 is 29.3 Å². The third kappa shape index (κ3) is 2.77. The number of aldehydes is 1. The molecule has 0 fully saturated rings. The van der Waals surface area contributed by atoms with Gasteiger partial charge in [0.15, 0.2) is 5.43 Å². The van der Waals surface area contributed by atoms with Gasteiger partial charge in [-0.1, -0.05) is 0 Å². The summed E-state index contributed by atoms with van der Waals surface area (Å²) in [6.45, 7) is 1.27. The predicted octanol–water partition coefficient (Wildman–Crippen LogP) is 1.93. The topological polar surface area (TPSA) is 73.6 Å². The van der Waals surface area contributed by atoms with Crippen molar-refractivity contribution in [3.8, 4) is 5.75 Å². The van der Waals surface area contributed by atoms with E-state index in [0.29, 0.717) is 11.9 Å². The molecule has 19 heavy (non-hydrogen) atoms. The summed E-state index contributed by atoms with van der Waals surface area (Å²) in [6, 6.07) is 4.51. The summed E-state index contributed by atoms with van der Waals surface area (Å²) in [5.41, 5.74) is 0.331. The molecule has 0 aliphatic carbocycles. The Balaban J connectivity index is 2.58. The number of rotatable bonds is 3. The lowest BCUT2D eigenvalue weighted by molar-refractivity contribution is -0.131. The van der Waals surface area contributed by atoms with Crippen molar-refractivity contribution in [3.05, 3.63) is 46.3 Å². The van der Waals surface area contributed by atoms with Crippen molar-refractivity contribution in [2.75, 3.05) is 0 Å². The molecule has 0 unspecified atom stereocenters. The number of hydrogen-bond donors (Lipinski definition) is 0. The molecule has 0 saturated carbocycles. The Kier molecular flexibility index (Phi) is 3.56. The van der Waals surface area contributed by atoms with Crippen LogP contribution < -0.4 is 10.2 Å². The molecule has 1 aromatic carbocycles. The predicted molar refractivity (Wildman–Crippen MR) is 68.9 cm³/mol. The number of fused-ring (bicyclic) bond motifs is 1. The highest BCUT2D eigenvalue weighted by Gasteiger charge is 2.07. The summed E-state index contributed by atoms with van der Waals surface area (Å²) in [6.07, 6.45) is 4.40. The molecule has 5 heteroatoms. The minimum Gasteiger partial charge on any atom is -0.463 e. The molecule has 1 heterocycles. The van der Waals surface area contributed by atoms with Crippen molar-refractivity contribution in [1.82, 2.24) is 0 Å². The number of carbonyl (C=O) groups is 2. The lowest BCUT2D eigenvalue weighted by Crippen LogP contribution is -2.06. The van der Waals surface area contributed by atoms with E-state index in [1.807, 2.05) is 0 Å². The Morgan fingerprint density at radius 2 is 2.16 bits per heavy atom. The first-order valence-corrected chi connectivity index (χ1v) is 5.47. The molecule has 0 spiro atoms. The first-order valence-electron chi connectivity index (χ1n) is 5.47. The Morgan fingerprint density at radius 1 is 1.37 bits per heavy atom. The van der Waals surface area contributed by atoms with Crippen LogP contribution in [-0.4, -0.2) is 12.3 Å².